The summed E-state index contributed by atoms with van der Waals surface area (Å²) in [4.78, 5) is 9.83. The van der Waals surface area contributed by atoms with Gasteiger partial charge in [-0.2, -0.15) is 0 Å². The fourth-order valence-corrected chi connectivity index (χ4v) is 0.716. The molecule has 0 aromatic carbocycles. The summed E-state index contributed by atoms with van der Waals surface area (Å²) in [5.74, 6) is 0. The molecule has 4 heteroatoms. The smallest absolute Gasteiger partial charge is 0.145 e. The minimum atomic E-state index is 0.149. The van der Waals surface area contributed by atoms with Crippen LogP contribution in [-0.2, 0) is 19.0 Å². The molecule has 0 bridgehead atoms. The molecule has 0 amide bonds. The first kappa shape index (κ1) is 12.6. The van der Waals surface area contributed by atoms with Crippen LogP contribution in [-0.4, -0.2) is 45.9 Å². The van der Waals surface area contributed by atoms with Gasteiger partial charge in [-0.1, -0.05) is 6.92 Å². The maximum absolute atomic E-state index is 9.83. The lowest BCUT2D eigenvalue weighted by Gasteiger charge is -2.04. The molecule has 0 saturated carbocycles. The van der Waals surface area contributed by atoms with Gasteiger partial charge in [-0.15, -0.1) is 0 Å². The summed E-state index contributed by atoms with van der Waals surface area (Å²) in [6.07, 6.45) is 1.76. The average Bonchev–Trinajstić information content (AvgIpc) is 2.16. The Morgan fingerprint density at radius 2 is 1.46 bits per heavy atom. The monoisotopic (exact) mass is 190 g/mol. The second-order valence-electron chi connectivity index (χ2n) is 2.47. The molecule has 0 atom stereocenters. The van der Waals surface area contributed by atoms with Crippen LogP contribution >= 0.6 is 0 Å². The van der Waals surface area contributed by atoms with Crippen LogP contribution in [0.1, 0.15) is 13.3 Å². The maximum atomic E-state index is 9.83. The number of aldehydes is 1. The zero-order valence-electron chi connectivity index (χ0n) is 8.16. The summed E-state index contributed by atoms with van der Waals surface area (Å²) in [5.41, 5.74) is 0. The zero-order valence-corrected chi connectivity index (χ0v) is 8.16. The van der Waals surface area contributed by atoms with Gasteiger partial charge in [0.1, 0.15) is 12.9 Å². The van der Waals surface area contributed by atoms with E-state index >= 15 is 0 Å². The van der Waals surface area contributed by atoms with E-state index in [1.54, 1.807) is 0 Å². The Balaban J connectivity index is 2.79. The SMILES string of the molecule is CCCOCCOCCOCC=O. The number of carbonyl (C=O) groups excluding carboxylic acids is 1. The first-order valence-corrected chi connectivity index (χ1v) is 4.58. The van der Waals surface area contributed by atoms with Crippen molar-refractivity contribution in [3.8, 4) is 0 Å². The molecule has 0 radical (unpaired) electrons. The van der Waals surface area contributed by atoms with Gasteiger partial charge in [0, 0.05) is 6.61 Å². The van der Waals surface area contributed by atoms with Crippen molar-refractivity contribution in [1.82, 2.24) is 0 Å². The van der Waals surface area contributed by atoms with Crippen molar-refractivity contribution in [2.24, 2.45) is 0 Å². The second-order valence-corrected chi connectivity index (χ2v) is 2.47. The Labute approximate surface area is 79.2 Å². The molecule has 0 aliphatic heterocycles. The Kier molecular flexibility index (Phi) is 11.2. The molecule has 0 rings (SSSR count). The van der Waals surface area contributed by atoms with E-state index in [4.69, 9.17) is 14.2 Å². The molecule has 13 heavy (non-hydrogen) atoms. The van der Waals surface area contributed by atoms with Gasteiger partial charge >= 0.3 is 0 Å². The van der Waals surface area contributed by atoms with Crippen LogP contribution in [0.15, 0.2) is 0 Å². The van der Waals surface area contributed by atoms with E-state index in [-0.39, 0.29) is 6.61 Å². The Hall–Kier alpha value is -0.450. The van der Waals surface area contributed by atoms with Gasteiger partial charge in [0.15, 0.2) is 0 Å². The molecular weight excluding hydrogens is 172 g/mol. The highest BCUT2D eigenvalue weighted by molar-refractivity contribution is 5.50. The van der Waals surface area contributed by atoms with E-state index in [1.165, 1.54) is 0 Å². The summed E-state index contributed by atoms with van der Waals surface area (Å²) in [6.45, 7) is 5.19. The predicted octanol–water partition coefficient (Wildman–Crippen LogP) is 0.645. The summed E-state index contributed by atoms with van der Waals surface area (Å²) < 4.78 is 15.2. The Morgan fingerprint density at radius 1 is 0.923 bits per heavy atom. The van der Waals surface area contributed by atoms with Crippen molar-refractivity contribution in [3.05, 3.63) is 0 Å². The van der Waals surface area contributed by atoms with Crippen molar-refractivity contribution >= 4 is 6.29 Å². The van der Waals surface area contributed by atoms with Gasteiger partial charge in [0.05, 0.1) is 26.4 Å². The van der Waals surface area contributed by atoms with Gasteiger partial charge in [0.25, 0.3) is 0 Å². The molecular formula is C9H18O4. The molecule has 0 unspecified atom stereocenters. The van der Waals surface area contributed by atoms with E-state index in [0.29, 0.717) is 26.4 Å². The molecule has 0 spiro atoms. The third-order valence-electron chi connectivity index (χ3n) is 1.28. The lowest BCUT2D eigenvalue weighted by atomic mass is 10.5. The maximum Gasteiger partial charge on any atom is 0.145 e. The van der Waals surface area contributed by atoms with Gasteiger partial charge in [-0.05, 0) is 6.42 Å². The van der Waals surface area contributed by atoms with Gasteiger partial charge in [-0.3, -0.25) is 0 Å². The number of carbonyl (C=O) groups is 1. The highest BCUT2D eigenvalue weighted by atomic mass is 16.5. The van der Waals surface area contributed by atoms with Crippen molar-refractivity contribution in [2.75, 3.05) is 39.6 Å². The fraction of sp³-hybridized carbons (Fsp3) is 0.889. The van der Waals surface area contributed by atoms with Crippen LogP contribution in [0, 0.1) is 0 Å². The second kappa shape index (κ2) is 11.6. The van der Waals surface area contributed by atoms with E-state index < -0.39 is 0 Å². The molecule has 78 valence electrons. The van der Waals surface area contributed by atoms with Crippen LogP contribution in [0.4, 0.5) is 0 Å². The first-order valence-electron chi connectivity index (χ1n) is 4.58. The minimum absolute atomic E-state index is 0.149. The number of hydrogen-bond donors (Lipinski definition) is 0. The number of ether oxygens (including phenoxy) is 3. The third-order valence-corrected chi connectivity index (χ3v) is 1.28. The third kappa shape index (κ3) is 11.5. The fourth-order valence-electron chi connectivity index (χ4n) is 0.716. The van der Waals surface area contributed by atoms with Crippen LogP contribution in [0.25, 0.3) is 0 Å². The molecule has 0 aromatic heterocycles. The molecule has 0 heterocycles. The Morgan fingerprint density at radius 3 is 2.00 bits per heavy atom. The lowest BCUT2D eigenvalue weighted by molar-refractivity contribution is -0.112. The van der Waals surface area contributed by atoms with Crippen LogP contribution < -0.4 is 0 Å². The largest absolute Gasteiger partial charge is 0.379 e. The minimum Gasteiger partial charge on any atom is -0.379 e. The quantitative estimate of drug-likeness (QED) is 0.374. The molecule has 0 N–H and O–H groups in total. The number of hydrogen-bond acceptors (Lipinski definition) is 4. The molecule has 0 aliphatic carbocycles. The standard InChI is InChI=1S/C9H18O4/c1-2-4-11-6-8-13-9-7-12-5-3-10/h3H,2,4-9H2,1H3. The topological polar surface area (TPSA) is 44.8 Å². The van der Waals surface area contributed by atoms with Gasteiger partial charge < -0.3 is 19.0 Å². The first-order chi connectivity index (χ1) is 6.41. The summed E-state index contributed by atoms with van der Waals surface area (Å²) in [7, 11) is 0. The van der Waals surface area contributed by atoms with E-state index in [1.807, 2.05) is 0 Å². The molecule has 4 nitrogen and oxygen atoms in total. The highest BCUT2D eigenvalue weighted by Crippen LogP contribution is 1.82. The molecule has 0 aromatic rings. The van der Waals surface area contributed by atoms with Crippen LogP contribution in [0.2, 0.25) is 0 Å². The van der Waals surface area contributed by atoms with E-state index in [9.17, 15) is 4.79 Å². The average molecular weight is 190 g/mol. The summed E-state index contributed by atoms with van der Waals surface area (Å²) in [5, 5.41) is 0. The zero-order chi connectivity index (χ0) is 9.78. The van der Waals surface area contributed by atoms with Crippen molar-refractivity contribution in [3.63, 3.8) is 0 Å². The molecule has 0 fully saturated rings. The molecule has 0 aliphatic rings. The highest BCUT2D eigenvalue weighted by Gasteiger charge is 1.89. The van der Waals surface area contributed by atoms with Gasteiger partial charge in [0.2, 0.25) is 0 Å². The van der Waals surface area contributed by atoms with Crippen LogP contribution in [0.5, 0.6) is 0 Å². The molecule has 0 saturated heterocycles. The van der Waals surface area contributed by atoms with Crippen LogP contribution in [0.3, 0.4) is 0 Å². The van der Waals surface area contributed by atoms with Crippen molar-refractivity contribution in [2.45, 2.75) is 13.3 Å². The normalized spacial score (nSPS) is 10.2. The number of rotatable bonds is 10. The van der Waals surface area contributed by atoms with E-state index in [0.717, 1.165) is 19.3 Å². The lowest BCUT2D eigenvalue weighted by Crippen LogP contribution is -2.10. The predicted molar refractivity (Wildman–Crippen MR) is 48.8 cm³/mol. The van der Waals surface area contributed by atoms with E-state index in [2.05, 4.69) is 6.92 Å². The van der Waals surface area contributed by atoms with Crippen molar-refractivity contribution < 1.29 is 19.0 Å². The Bertz CT molecular complexity index is 106. The van der Waals surface area contributed by atoms with Gasteiger partial charge in [-0.25, -0.2) is 0 Å². The van der Waals surface area contributed by atoms with Crippen molar-refractivity contribution in [1.29, 1.82) is 0 Å². The summed E-state index contributed by atoms with van der Waals surface area (Å²) >= 11 is 0. The summed E-state index contributed by atoms with van der Waals surface area (Å²) in [6, 6.07) is 0.